The Morgan fingerprint density at radius 2 is 1.74 bits per heavy atom. The third kappa shape index (κ3) is 5.89. The van der Waals surface area contributed by atoms with E-state index in [4.69, 9.17) is 29.2 Å². The summed E-state index contributed by atoms with van der Waals surface area (Å²) in [6.07, 6.45) is 9.01. The minimum absolute atomic E-state index is 0.200. The molecule has 0 spiro atoms. The number of benzene rings is 2. The Morgan fingerprint density at radius 1 is 1.13 bits per heavy atom. The minimum atomic E-state index is -1.68. The molecule has 160 valence electrons. The van der Waals surface area contributed by atoms with E-state index in [9.17, 15) is 14.7 Å². The van der Waals surface area contributed by atoms with Gasteiger partial charge in [0, 0.05) is 30.0 Å². The van der Waals surface area contributed by atoms with Crippen molar-refractivity contribution in [3.05, 3.63) is 59.1 Å². The van der Waals surface area contributed by atoms with Gasteiger partial charge < -0.3 is 15.2 Å². The van der Waals surface area contributed by atoms with Gasteiger partial charge in [0.15, 0.2) is 5.78 Å². The van der Waals surface area contributed by atoms with Gasteiger partial charge >= 0.3 is 0 Å². The fourth-order valence-corrected chi connectivity index (χ4v) is 3.44. The summed E-state index contributed by atoms with van der Waals surface area (Å²) in [4.78, 5) is 26.4. The second-order valence-corrected chi connectivity index (χ2v) is 7.33. The van der Waals surface area contributed by atoms with E-state index in [2.05, 4.69) is 17.2 Å². The van der Waals surface area contributed by atoms with Crippen molar-refractivity contribution in [2.45, 2.75) is 32.3 Å². The molecule has 1 amide bonds. The Hall–Kier alpha value is -3.25. The first kappa shape index (κ1) is 24.0. The van der Waals surface area contributed by atoms with Crippen LogP contribution in [0.2, 0.25) is 5.02 Å². The van der Waals surface area contributed by atoms with E-state index < -0.39 is 23.2 Å². The highest BCUT2D eigenvalue weighted by molar-refractivity contribution is 6.31. The Balaban J connectivity index is 2.28. The number of aliphatic hydroxyl groups excluding tert-OH is 1. The highest BCUT2D eigenvalue weighted by atomic mass is 35.5. The summed E-state index contributed by atoms with van der Waals surface area (Å²) in [5, 5.41) is 13.6. The molecule has 1 atom stereocenters. The maximum Gasteiger partial charge on any atom is 0.240 e. The maximum absolute atomic E-state index is 13.2. The average molecular weight is 438 g/mol. The summed E-state index contributed by atoms with van der Waals surface area (Å²) in [6.45, 7) is 2.38. The molecule has 0 fully saturated rings. The number of nitrogens with one attached hydrogen (secondary N) is 1. The molecule has 1 unspecified atom stereocenters. The van der Waals surface area contributed by atoms with Crippen LogP contribution in [0.1, 0.15) is 37.9 Å². The van der Waals surface area contributed by atoms with Gasteiger partial charge in [0.1, 0.15) is 11.2 Å². The Labute approximate surface area is 187 Å². The van der Waals surface area contributed by atoms with Crippen molar-refractivity contribution in [2.75, 3.05) is 11.9 Å². The third-order valence-corrected chi connectivity index (χ3v) is 5.19. The molecule has 0 saturated carbocycles. The van der Waals surface area contributed by atoms with Crippen LogP contribution < -0.4 is 10.1 Å². The van der Waals surface area contributed by atoms with Gasteiger partial charge in [0.2, 0.25) is 5.91 Å². The van der Waals surface area contributed by atoms with E-state index in [1.165, 1.54) is 0 Å². The standard InChI is InChI=1S/C25H24ClNO4/c1-4-15-25(16-5-2,23(29)17-22(28)20-9-7-8-10-21(20)26)24(30)27-18-11-13-19(14-12-18)31-6-3/h1-2,7-14,22,28H,6,15-17H2,3H3,(H,27,30). The van der Waals surface area contributed by atoms with Gasteiger partial charge in [-0.1, -0.05) is 29.8 Å². The van der Waals surface area contributed by atoms with Crippen LogP contribution >= 0.6 is 11.6 Å². The molecule has 5 nitrogen and oxygen atoms in total. The number of carbonyl (C=O) groups is 2. The number of anilines is 1. The number of hydrogen-bond acceptors (Lipinski definition) is 4. The van der Waals surface area contributed by atoms with Gasteiger partial charge in [-0.2, -0.15) is 0 Å². The van der Waals surface area contributed by atoms with Crippen molar-refractivity contribution in [3.63, 3.8) is 0 Å². The van der Waals surface area contributed by atoms with Gasteiger partial charge in [0.25, 0.3) is 0 Å². The summed E-state index contributed by atoms with van der Waals surface area (Å²) < 4.78 is 5.39. The lowest BCUT2D eigenvalue weighted by Crippen LogP contribution is -2.43. The molecular weight excluding hydrogens is 414 g/mol. The molecule has 0 aromatic heterocycles. The second-order valence-electron chi connectivity index (χ2n) is 6.92. The molecule has 2 rings (SSSR count). The molecule has 6 heteroatoms. The normalized spacial score (nSPS) is 11.6. The highest BCUT2D eigenvalue weighted by Gasteiger charge is 2.45. The quantitative estimate of drug-likeness (QED) is 0.426. The lowest BCUT2D eigenvalue weighted by molar-refractivity contribution is -0.140. The van der Waals surface area contributed by atoms with Gasteiger partial charge in [-0.05, 0) is 42.8 Å². The number of ether oxygens (including phenoxy) is 1. The number of rotatable bonds is 10. The summed E-state index contributed by atoms with van der Waals surface area (Å²) in [5.74, 6) is 4.25. The monoisotopic (exact) mass is 437 g/mol. The number of hydrogen-bond donors (Lipinski definition) is 2. The SMILES string of the molecule is C#CCC(CC#C)(C(=O)CC(O)c1ccccc1Cl)C(=O)Nc1ccc(OCC)cc1. The zero-order chi connectivity index (χ0) is 22.9. The average Bonchev–Trinajstić information content (AvgIpc) is 2.75. The Bertz CT molecular complexity index is 985. The summed E-state index contributed by atoms with van der Waals surface area (Å²) in [7, 11) is 0. The number of amides is 1. The van der Waals surface area contributed by atoms with Crippen LogP contribution in [-0.4, -0.2) is 23.4 Å². The highest BCUT2D eigenvalue weighted by Crippen LogP contribution is 2.35. The first-order valence-electron chi connectivity index (χ1n) is 9.75. The molecule has 2 aromatic carbocycles. The lowest BCUT2D eigenvalue weighted by Gasteiger charge is -2.29. The van der Waals surface area contributed by atoms with Crippen molar-refractivity contribution < 1.29 is 19.4 Å². The van der Waals surface area contributed by atoms with Gasteiger partial charge in [-0.15, -0.1) is 24.7 Å². The molecule has 0 heterocycles. The van der Waals surface area contributed by atoms with Crippen molar-refractivity contribution in [1.82, 2.24) is 0 Å². The molecule has 0 aliphatic heterocycles. The zero-order valence-electron chi connectivity index (χ0n) is 17.2. The predicted molar refractivity (Wildman–Crippen MR) is 122 cm³/mol. The third-order valence-electron chi connectivity index (χ3n) is 4.84. The first-order valence-corrected chi connectivity index (χ1v) is 10.1. The van der Waals surface area contributed by atoms with Crippen LogP contribution in [-0.2, 0) is 9.59 Å². The van der Waals surface area contributed by atoms with E-state index in [0.717, 1.165) is 0 Å². The van der Waals surface area contributed by atoms with Gasteiger partial charge in [-0.25, -0.2) is 0 Å². The maximum atomic E-state index is 13.2. The van der Waals surface area contributed by atoms with Gasteiger partial charge in [0.05, 0.1) is 12.7 Å². The molecule has 31 heavy (non-hydrogen) atoms. The second kappa shape index (κ2) is 11.2. The summed E-state index contributed by atoms with van der Waals surface area (Å²) in [5.41, 5.74) is -0.823. The largest absolute Gasteiger partial charge is 0.494 e. The van der Waals surface area contributed by atoms with Crippen molar-refractivity contribution >= 4 is 29.0 Å². The van der Waals surface area contributed by atoms with Crippen molar-refractivity contribution in [1.29, 1.82) is 0 Å². The topological polar surface area (TPSA) is 75.6 Å². The number of Topliss-reactive ketones (excluding diaryl/α,β-unsaturated/α-hetero) is 1. The van der Waals surface area contributed by atoms with Crippen LogP contribution in [0.25, 0.3) is 0 Å². The van der Waals surface area contributed by atoms with Crippen molar-refractivity contribution in [2.24, 2.45) is 5.41 Å². The Kier molecular flexibility index (Phi) is 8.70. The molecule has 0 saturated heterocycles. The molecule has 2 N–H and O–H groups in total. The lowest BCUT2D eigenvalue weighted by atomic mass is 9.74. The van der Waals surface area contributed by atoms with Crippen LogP contribution in [0.15, 0.2) is 48.5 Å². The number of terminal acetylenes is 2. The Morgan fingerprint density at radius 3 is 2.29 bits per heavy atom. The molecule has 0 radical (unpaired) electrons. The summed E-state index contributed by atoms with van der Waals surface area (Å²) in [6, 6.07) is 13.3. The first-order chi connectivity index (χ1) is 14.9. The van der Waals surface area contributed by atoms with Crippen LogP contribution in [0.4, 0.5) is 5.69 Å². The smallest absolute Gasteiger partial charge is 0.240 e. The molecule has 0 bridgehead atoms. The van der Waals surface area contributed by atoms with E-state index in [1.54, 1.807) is 48.5 Å². The fourth-order valence-electron chi connectivity index (χ4n) is 3.17. The number of carbonyl (C=O) groups excluding carboxylic acids is 2. The van der Waals surface area contributed by atoms with Gasteiger partial charge in [-0.3, -0.25) is 9.59 Å². The van der Waals surface area contributed by atoms with Crippen molar-refractivity contribution in [3.8, 4) is 30.4 Å². The molecule has 0 aliphatic carbocycles. The zero-order valence-corrected chi connectivity index (χ0v) is 18.0. The number of ketones is 1. The van der Waals surface area contributed by atoms with E-state index in [0.29, 0.717) is 28.6 Å². The number of halogens is 1. The minimum Gasteiger partial charge on any atom is -0.494 e. The molecular formula is C25H24ClNO4. The predicted octanol–water partition coefficient (Wildman–Crippen LogP) is 4.40. The van der Waals surface area contributed by atoms with Crippen LogP contribution in [0.5, 0.6) is 5.75 Å². The summed E-state index contributed by atoms with van der Waals surface area (Å²) >= 11 is 6.12. The van der Waals surface area contributed by atoms with E-state index >= 15 is 0 Å². The van der Waals surface area contributed by atoms with E-state index in [-0.39, 0.29) is 19.3 Å². The fraction of sp³-hybridized carbons (Fsp3) is 0.280. The van der Waals surface area contributed by atoms with Crippen LogP contribution in [0, 0.1) is 30.1 Å². The van der Waals surface area contributed by atoms with E-state index in [1.807, 2.05) is 6.92 Å². The molecule has 0 aliphatic rings. The molecule has 2 aromatic rings. The van der Waals surface area contributed by atoms with Crippen LogP contribution in [0.3, 0.4) is 0 Å². The number of aliphatic hydroxyl groups is 1.